The van der Waals surface area contributed by atoms with E-state index in [2.05, 4.69) is 39.7 Å². The van der Waals surface area contributed by atoms with E-state index in [1.165, 1.54) is 18.4 Å². The third-order valence-electron chi connectivity index (χ3n) is 3.86. The maximum Gasteiger partial charge on any atom is 0.143 e. The molecule has 1 fully saturated rings. The summed E-state index contributed by atoms with van der Waals surface area (Å²) in [6.45, 7) is 5.31. The molecule has 0 radical (unpaired) electrons. The van der Waals surface area contributed by atoms with Crippen molar-refractivity contribution in [1.82, 2.24) is 4.98 Å². The molecule has 0 unspecified atom stereocenters. The van der Waals surface area contributed by atoms with Crippen LogP contribution in [0.25, 0.3) is 0 Å². The molecule has 18 heavy (non-hydrogen) atoms. The number of hydrogen-bond donors (Lipinski definition) is 1. The van der Waals surface area contributed by atoms with E-state index < -0.39 is 0 Å². The Kier molecular flexibility index (Phi) is 4.62. The first-order valence-corrected chi connectivity index (χ1v) is 7.56. The predicted molar refractivity (Wildman–Crippen MR) is 79.9 cm³/mol. The first kappa shape index (κ1) is 13.8. The van der Waals surface area contributed by atoms with Crippen molar-refractivity contribution in [1.29, 1.82) is 0 Å². The van der Waals surface area contributed by atoms with Gasteiger partial charge in [0.15, 0.2) is 0 Å². The van der Waals surface area contributed by atoms with Gasteiger partial charge in [0.05, 0.1) is 4.47 Å². The minimum absolute atomic E-state index is 0.397. The number of nitrogens with zero attached hydrogens (tertiary/aromatic N) is 2. The predicted octanol–water partition coefficient (Wildman–Crippen LogP) is 3.25. The zero-order valence-electron chi connectivity index (χ0n) is 11.2. The van der Waals surface area contributed by atoms with Gasteiger partial charge in [0, 0.05) is 24.8 Å². The molecule has 100 valence electrons. The van der Waals surface area contributed by atoms with Gasteiger partial charge < -0.3 is 10.6 Å². The van der Waals surface area contributed by atoms with Crippen LogP contribution in [0.5, 0.6) is 0 Å². The van der Waals surface area contributed by atoms with Gasteiger partial charge >= 0.3 is 0 Å². The Morgan fingerprint density at radius 3 is 2.67 bits per heavy atom. The molecule has 0 aliphatic heterocycles. The van der Waals surface area contributed by atoms with Crippen molar-refractivity contribution in [3.8, 4) is 0 Å². The standard InChI is InChI=1S/C14H22BrN3/c1-3-18(12-6-4-11(16)5-7-12)14-13(15)10(2)8-9-17-14/h8-9,11-12H,3-7,16H2,1-2H3. The first-order chi connectivity index (χ1) is 8.63. The fourth-order valence-corrected chi connectivity index (χ4v) is 3.18. The Morgan fingerprint density at radius 2 is 2.06 bits per heavy atom. The second kappa shape index (κ2) is 6.02. The van der Waals surface area contributed by atoms with Crippen molar-refractivity contribution in [2.45, 2.75) is 51.6 Å². The van der Waals surface area contributed by atoms with Crippen LogP contribution in [0.1, 0.15) is 38.2 Å². The van der Waals surface area contributed by atoms with Crippen LogP contribution < -0.4 is 10.6 Å². The summed E-state index contributed by atoms with van der Waals surface area (Å²) in [6, 6.07) is 3.02. The maximum atomic E-state index is 5.99. The Bertz CT molecular complexity index is 400. The molecule has 1 aliphatic rings. The summed E-state index contributed by atoms with van der Waals surface area (Å²) in [5.74, 6) is 1.08. The summed E-state index contributed by atoms with van der Waals surface area (Å²) in [6.07, 6.45) is 6.51. The molecule has 1 aromatic rings. The maximum absolute atomic E-state index is 5.99. The van der Waals surface area contributed by atoms with Crippen molar-refractivity contribution in [3.05, 3.63) is 22.3 Å². The lowest BCUT2D eigenvalue weighted by molar-refractivity contribution is 0.376. The molecule has 0 bridgehead atoms. The van der Waals surface area contributed by atoms with Crippen molar-refractivity contribution < 1.29 is 0 Å². The second-order valence-electron chi connectivity index (χ2n) is 5.12. The van der Waals surface area contributed by atoms with Crippen LogP contribution in [-0.4, -0.2) is 23.6 Å². The van der Waals surface area contributed by atoms with Crippen LogP contribution in [0.3, 0.4) is 0 Å². The number of aryl methyl sites for hydroxylation is 1. The van der Waals surface area contributed by atoms with E-state index in [0.29, 0.717) is 12.1 Å². The van der Waals surface area contributed by atoms with Gasteiger partial charge in [-0.3, -0.25) is 0 Å². The van der Waals surface area contributed by atoms with Gasteiger partial charge in [-0.2, -0.15) is 0 Å². The number of pyridine rings is 1. The number of rotatable bonds is 3. The van der Waals surface area contributed by atoms with Gasteiger partial charge in [-0.1, -0.05) is 0 Å². The zero-order chi connectivity index (χ0) is 13.1. The van der Waals surface area contributed by atoms with Gasteiger partial charge in [-0.05, 0) is 67.1 Å². The molecule has 1 saturated carbocycles. The molecule has 2 rings (SSSR count). The molecular formula is C14H22BrN3. The third-order valence-corrected chi connectivity index (χ3v) is 4.84. The molecule has 0 saturated heterocycles. The monoisotopic (exact) mass is 311 g/mol. The smallest absolute Gasteiger partial charge is 0.143 e. The van der Waals surface area contributed by atoms with Crippen LogP contribution in [0.4, 0.5) is 5.82 Å². The first-order valence-electron chi connectivity index (χ1n) is 6.76. The zero-order valence-corrected chi connectivity index (χ0v) is 12.8. The van der Waals surface area contributed by atoms with Crippen LogP contribution in [-0.2, 0) is 0 Å². The van der Waals surface area contributed by atoms with Gasteiger partial charge in [0.25, 0.3) is 0 Å². The molecule has 0 aromatic carbocycles. The largest absolute Gasteiger partial charge is 0.353 e. The second-order valence-corrected chi connectivity index (χ2v) is 5.91. The molecule has 4 heteroatoms. The number of anilines is 1. The Morgan fingerprint density at radius 1 is 1.39 bits per heavy atom. The molecular weight excluding hydrogens is 290 g/mol. The van der Waals surface area contributed by atoms with E-state index in [0.717, 1.165) is 29.7 Å². The summed E-state index contributed by atoms with van der Waals surface area (Å²) < 4.78 is 1.13. The number of nitrogens with two attached hydrogens (primary N) is 1. The van der Waals surface area contributed by atoms with E-state index in [4.69, 9.17) is 5.73 Å². The van der Waals surface area contributed by atoms with Crippen molar-refractivity contribution in [2.24, 2.45) is 5.73 Å². The average molecular weight is 312 g/mol. The minimum atomic E-state index is 0.397. The quantitative estimate of drug-likeness (QED) is 0.931. The number of halogens is 1. The van der Waals surface area contributed by atoms with Crippen LogP contribution >= 0.6 is 15.9 Å². The summed E-state index contributed by atoms with van der Waals surface area (Å²) in [4.78, 5) is 6.97. The minimum Gasteiger partial charge on any atom is -0.353 e. The van der Waals surface area contributed by atoms with Crippen LogP contribution in [0, 0.1) is 6.92 Å². The summed E-state index contributed by atoms with van der Waals surface area (Å²) in [5.41, 5.74) is 7.23. The lowest BCUT2D eigenvalue weighted by Gasteiger charge is -2.36. The highest BCUT2D eigenvalue weighted by Crippen LogP contribution is 2.32. The molecule has 1 aromatic heterocycles. The van der Waals surface area contributed by atoms with Crippen molar-refractivity contribution in [2.75, 3.05) is 11.4 Å². The van der Waals surface area contributed by atoms with E-state index in [9.17, 15) is 0 Å². The summed E-state index contributed by atoms with van der Waals surface area (Å²) in [7, 11) is 0. The molecule has 1 aliphatic carbocycles. The highest BCUT2D eigenvalue weighted by Gasteiger charge is 2.25. The fourth-order valence-electron chi connectivity index (χ4n) is 2.72. The molecule has 0 atom stereocenters. The number of hydrogen-bond acceptors (Lipinski definition) is 3. The Balaban J connectivity index is 2.20. The van der Waals surface area contributed by atoms with Crippen molar-refractivity contribution >= 4 is 21.7 Å². The number of aromatic nitrogens is 1. The molecule has 2 N–H and O–H groups in total. The topological polar surface area (TPSA) is 42.2 Å². The SMILES string of the molecule is CCN(c1nccc(C)c1Br)C1CCC(N)CC1. The van der Waals surface area contributed by atoms with Gasteiger partial charge in [0.1, 0.15) is 5.82 Å². The lowest BCUT2D eigenvalue weighted by Crippen LogP contribution is -2.41. The van der Waals surface area contributed by atoms with Crippen molar-refractivity contribution in [3.63, 3.8) is 0 Å². The van der Waals surface area contributed by atoms with E-state index >= 15 is 0 Å². The van der Waals surface area contributed by atoms with E-state index in [1.54, 1.807) is 0 Å². The van der Waals surface area contributed by atoms with E-state index in [-0.39, 0.29) is 0 Å². The normalized spacial score (nSPS) is 24.0. The van der Waals surface area contributed by atoms with Crippen LogP contribution in [0.2, 0.25) is 0 Å². The molecule has 3 nitrogen and oxygen atoms in total. The Hall–Kier alpha value is -0.610. The van der Waals surface area contributed by atoms with Crippen LogP contribution in [0.15, 0.2) is 16.7 Å². The Labute approximate surface area is 118 Å². The third kappa shape index (κ3) is 2.86. The average Bonchev–Trinajstić information content (AvgIpc) is 2.37. The van der Waals surface area contributed by atoms with Gasteiger partial charge in [-0.15, -0.1) is 0 Å². The van der Waals surface area contributed by atoms with E-state index in [1.807, 2.05) is 12.3 Å². The lowest BCUT2D eigenvalue weighted by atomic mass is 9.90. The van der Waals surface area contributed by atoms with Gasteiger partial charge in [0.2, 0.25) is 0 Å². The highest BCUT2D eigenvalue weighted by molar-refractivity contribution is 9.10. The summed E-state index contributed by atoms with van der Waals surface area (Å²) in [5, 5.41) is 0. The molecule has 0 amide bonds. The summed E-state index contributed by atoms with van der Waals surface area (Å²) >= 11 is 3.67. The molecule has 1 heterocycles. The molecule has 0 spiro atoms. The van der Waals surface area contributed by atoms with Gasteiger partial charge in [-0.25, -0.2) is 4.98 Å². The fraction of sp³-hybridized carbons (Fsp3) is 0.643. The highest BCUT2D eigenvalue weighted by atomic mass is 79.9.